The minimum absolute atomic E-state index is 0.543. The van der Waals surface area contributed by atoms with E-state index >= 15 is 0 Å². The van der Waals surface area contributed by atoms with E-state index in [2.05, 4.69) is 38.1 Å². The van der Waals surface area contributed by atoms with Gasteiger partial charge in [-0.05, 0) is 43.7 Å². The van der Waals surface area contributed by atoms with E-state index in [1.54, 1.807) is 6.20 Å². The molecule has 1 aliphatic heterocycles. The van der Waals surface area contributed by atoms with Gasteiger partial charge in [-0.2, -0.15) is 5.10 Å². The topological polar surface area (TPSA) is 45.2 Å². The van der Waals surface area contributed by atoms with Crippen molar-refractivity contribution in [3.8, 4) is 0 Å². The number of likely N-dealkylation sites (N-methyl/N-ethyl adjacent to an activating group) is 1. The molecule has 21 heavy (non-hydrogen) atoms. The summed E-state index contributed by atoms with van der Waals surface area (Å²) in [4.78, 5) is 8.94. The molecule has 2 aromatic heterocycles. The maximum absolute atomic E-state index is 4.23. The van der Waals surface area contributed by atoms with Gasteiger partial charge in [-0.15, -0.1) is 5.10 Å². The monoisotopic (exact) mass is 283 g/mol. The molecule has 110 valence electrons. The van der Waals surface area contributed by atoms with Gasteiger partial charge in [0.15, 0.2) is 5.82 Å². The lowest BCUT2D eigenvalue weighted by atomic mass is 10.0. The lowest BCUT2D eigenvalue weighted by Crippen LogP contribution is -2.46. The molecule has 0 N–H and O–H groups in total. The van der Waals surface area contributed by atoms with Crippen LogP contribution in [0.25, 0.3) is 0 Å². The second-order valence-corrected chi connectivity index (χ2v) is 5.60. The van der Waals surface area contributed by atoms with Gasteiger partial charge in [0, 0.05) is 44.3 Å². The van der Waals surface area contributed by atoms with Gasteiger partial charge in [0.25, 0.3) is 0 Å². The molecule has 5 heteroatoms. The third-order valence-corrected chi connectivity index (χ3v) is 4.06. The van der Waals surface area contributed by atoms with Crippen LogP contribution in [0.4, 0.5) is 5.82 Å². The van der Waals surface area contributed by atoms with Crippen LogP contribution in [0.1, 0.15) is 18.4 Å². The zero-order valence-corrected chi connectivity index (χ0v) is 12.4. The zero-order valence-electron chi connectivity index (χ0n) is 12.4. The van der Waals surface area contributed by atoms with Gasteiger partial charge in [0.2, 0.25) is 0 Å². The maximum atomic E-state index is 4.23. The second kappa shape index (κ2) is 6.63. The lowest BCUT2D eigenvalue weighted by Gasteiger charge is -2.38. The molecule has 1 atom stereocenters. The van der Waals surface area contributed by atoms with Crippen LogP contribution in [0, 0.1) is 0 Å². The summed E-state index contributed by atoms with van der Waals surface area (Å²) in [6.07, 6.45) is 7.91. The summed E-state index contributed by atoms with van der Waals surface area (Å²) in [5.74, 6) is 0.983. The van der Waals surface area contributed by atoms with Gasteiger partial charge in [-0.25, -0.2) is 0 Å². The molecule has 3 heterocycles. The Hall–Kier alpha value is -2.01. The van der Waals surface area contributed by atoms with E-state index in [1.165, 1.54) is 18.4 Å². The quantitative estimate of drug-likeness (QED) is 0.858. The summed E-state index contributed by atoms with van der Waals surface area (Å²) < 4.78 is 0. The molecule has 1 fully saturated rings. The van der Waals surface area contributed by atoms with E-state index in [-0.39, 0.29) is 0 Å². The second-order valence-electron chi connectivity index (χ2n) is 5.60. The average molecular weight is 283 g/mol. The molecule has 0 saturated carbocycles. The SMILES string of the molecule is CN(Cc1cccnc1)[C@H]1CCCN(c2cccnn2)C1. The first-order valence-electron chi connectivity index (χ1n) is 7.45. The molecule has 0 bridgehead atoms. The maximum Gasteiger partial charge on any atom is 0.151 e. The van der Waals surface area contributed by atoms with Crippen LogP contribution < -0.4 is 4.90 Å². The van der Waals surface area contributed by atoms with Crippen LogP contribution in [-0.2, 0) is 6.54 Å². The summed E-state index contributed by atoms with van der Waals surface area (Å²) in [7, 11) is 2.19. The van der Waals surface area contributed by atoms with Crippen molar-refractivity contribution in [1.82, 2.24) is 20.1 Å². The Balaban J connectivity index is 1.63. The van der Waals surface area contributed by atoms with E-state index in [4.69, 9.17) is 0 Å². The number of hydrogen-bond donors (Lipinski definition) is 0. The number of piperidine rings is 1. The molecule has 0 unspecified atom stereocenters. The summed E-state index contributed by atoms with van der Waals surface area (Å²) in [5, 5.41) is 8.21. The smallest absolute Gasteiger partial charge is 0.151 e. The average Bonchev–Trinajstić information content (AvgIpc) is 2.57. The van der Waals surface area contributed by atoms with Crippen molar-refractivity contribution in [3.63, 3.8) is 0 Å². The van der Waals surface area contributed by atoms with Gasteiger partial charge in [-0.1, -0.05) is 6.07 Å². The summed E-state index contributed by atoms with van der Waals surface area (Å²) in [5.41, 5.74) is 1.26. The molecule has 0 aromatic carbocycles. The van der Waals surface area contributed by atoms with Crippen LogP contribution in [0.15, 0.2) is 42.9 Å². The first kappa shape index (κ1) is 13.9. The van der Waals surface area contributed by atoms with Crippen LogP contribution >= 0.6 is 0 Å². The van der Waals surface area contributed by atoms with Gasteiger partial charge < -0.3 is 4.90 Å². The fourth-order valence-corrected chi connectivity index (χ4v) is 2.89. The van der Waals surface area contributed by atoms with Gasteiger partial charge in [-0.3, -0.25) is 9.88 Å². The van der Waals surface area contributed by atoms with Crippen molar-refractivity contribution in [2.45, 2.75) is 25.4 Å². The van der Waals surface area contributed by atoms with E-state index in [9.17, 15) is 0 Å². The predicted octanol–water partition coefficient (Wildman–Crippen LogP) is 1.97. The van der Waals surface area contributed by atoms with Crippen molar-refractivity contribution in [2.75, 3.05) is 25.0 Å². The van der Waals surface area contributed by atoms with Crippen molar-refractivity contribution in [2.24, 2.45) is 0 Å². The summed E-state index contributed by atoms with van der Waals surface area (Å²) in [6.45, 7) is 3.01. The van der Waals surface area contributed by atoms with Crippen LogP contribution in [0.5, 0.6) is 0 Å². The summed E-state index contributed by atoms with van der Waals surface area (Å²) >= 11 is 0. The Kier molecular flexibility index (Phi) is 4.40. The highest BCUT2D eigenvalue weighted by Crippen LogP contribution is 2.20. The Morgan fingerprint density at radius 3 is 2.95 bits per heavy atom. The van der Waals surface area contributed by atoms with E-state index < -0.39 is 0 Å². The molecule has 5 nitrogen and oxygen atoms in total. The Bertz CT molecular complexity index is 545. The van der Waals surface area contributed by atoms with Crippen LogP contribution in [-0.4, -0.2) is 46.3 Å². The number of hydrogen-bond acceptors (Lipinski definition) is 5. The van der Waals surface area contributed by atoms with Crippen molar-refractivity contribution < 1.29 is 0 Å². The third-order valence-electron chi connectivity index (χ3n) is 4.06. The highest BCUT2D eigenvalue weighted by Gasteiger charge is 2.24. The molecule has 1 aliphatic rings. The standard InChI is InChI=1S/C16H21N5/c1-20(12-14-5-2-8-17-11-14)15-6-4-10-21(13-15)16-7-3-9-18-19-16/h2-3,5,7-9,11,15H,4,6,10,12-13H2,1H3/t15-/m0/s1. The normalized spacial score (nSPS) is 19.0. The Morgan fingerprint density at radius 2 is 2.19 bits per heavy atom. The van der Waals surface area contributed by atoms with E-state index in [1.807, 2.05) is 30.6 Å². The minimum Gasteiger partial charge on any atom is -0.354 e. The highest BCUT2D eigenvalue weighted by molar-refractivity contribution is 5.37. The number of pyridine rings is 1. The number of nitrogens with zero attached hydrogens (tertiary/aromatic N) is 5. The molecule has 0 amide bonds. The molecule has 0 aliphatic carbocycles. The molecular weight excluding hydrogens is 262 g/mol. The molecule has 0 spiro atoms. The minimum atomic E-state index is 0.543. The summed E-state index contributed by atoms with van der Waals surface area (Å²) in [6, 6.07) is 8.66. The molecule has 3 rings (SSSR count). The van der Waals surface area contributed by atoms with E-state index in [0.29, 0.717) is 6.04 Å². The number of rotatable bonds is 4. The van der Waals surface area contributed by atoms with Gasteiger partial charge in [0.05, 0.1) is 0 Å². The van der Waals surface area contributed by atoms with Crippen molar-refractivity contribution >= 4 is 5.82 Å². The van der Waals surface area contributed by atoms with Gasteiger partial charge in [0.1, 0.15) is 0 Å². The molecule has 2 aromatic rings. The highest BCUT2D eigenvalue weighted by atomic mass is 15.3. The number of aromatic nitrogens is 3. The lowest BCUT2D eigenvalue weighted by molar-refractivity contribution is 0.207. The fraction of sp³-hybridized carbons (Fsp3) is 0.438. The zero-order chi connectivity index (χ0) is 14.5. The van der Waals surface area contributed by atoms with E-state index in [0.717, 1.165) is 25.5 Å². The first-order chi connectivity index (χ1) is 10.3. The molecule has 0 radical (unpaired) electrons. The molecular formula is C16H21N5. The van der Waals surface area contributed by atoms with Crippen molar-refractivity contribution in [3.05, 3.63) is 48.4 Å². The first-order valence-corrected chi connectivity index (χ1v) is 7.45. The largest absolute Gasteiger partial charge is 0.354 e. The van der Waals surface area contributed by atoms with Crippen LogP contribution in [0.2, 0.25) is 0 Å². The fourth-order valence-electron chi connectivity index (χ4n) is 2.89. The Labute approximate surface area is 125 Å². The Morgan fingerprint density at radius 1 is 1.29 bits per heavy atom. The number of anilines is 1. The predicted molar refractivity (Wildman–Crippen MR) is 83.0 cm³/mol. The molecule has 1 saturated heterocycles. The van der Waals surface area contributed by atoms with Crippen LogP contribution in [0.3, 0.4) is 0 Å². The van der Waals surface area contributed by atoms with Crippen molar-refractivity contribution in [1.29, 1.82) is 0 Å². The third kappa shape index (κ3) is 3.55. The van der Waals surface area contributed by atoms with Gasteiger partial charge >= 0.3 is 0 Å².